The van der Waals surface area contributed by atoms with Crippen molar-refractivity contribution in [3.8, 4) is 11.5 Å². The maximum atomic E-state index is 12.1. The lowest BCUT2D eigenvalue weighted by molar-refractivity contribution is -0.128. The number of hydrogen-bond donors (Lipinski definition) is 2. The first-order valence-electron chi connectivity index (χ1n) is 8.16. The normalized spacial score (nSPS) is 11.6. The average molecular weight is 378 g/mol. The molecule has 2 rings (SSSR count). The van der Waals surface area contributed by atoms with Crippen LogP contribution in [0.15, 0.2) is 42.5 Å². The average Bonchev–Trinajstić information content (AvgIpc) is 2.63. The molecule has 0 fully saturated rings. The molecule has 1 atom stereocenters. The molecule has 0 saturated heterocycles. The summed E-state index contributed by atoms with van der Waals surface area (Å²) in [5, 5.41) is 0. The van der Waals surface area contributed by atoms with Gasteiger partial charge in [0.2, 0.25) is 0 Å². The summed E-state index contributed by atoms with van der Waals surface area (Å²) in [5.41, 5.74) is 6.64. The van der Waals surface area contributed by atoms with E-state index in [1.807, 2.05) is 26.0 Å². The van der Waals surface area contributed by atoms with Crippen molar-refractivity contribution in [3.05, 3.63) is 59.2 Å². The number of amides is 2. The molecule has 0 bridgehead atoms. The van der Waals surface area contributed by atoms with Crippen LogP contribution in [0, 0.1) is 13.8 Å². The first kappa shape index (κ1) is 20.2. The van der Waals surface area contributed by atoms with Crippen molar-refractivity contribution in [1.29, 1.82) is 0 Å². The zero-order valence-electron chi connectivity index (χ0n) is 15.1. The van der Waals surface area contributed by atoms with Crippen LogP contribution in [0.2, 0.25) is 0 Å². The summed E-state index contributed by atoms with van der Waals surface area (Å²) in [6.07, 6.45) is -0.840. The van der Waals surface area contributed by atoms with Gasteiger partial charge in [-0.25, -0.2) is 0 Å². The van der Waals surface area contributed by atoms with Gasteiger partial charge in [0, 0.05) is 5.56 Å². The fraction of sp³-hybridized carbons (Fsp3) is 0.263. The molecule has 8 heteroatoms. The molecule has 0 aliphatic rings. The van der Waals surface area contributed by atoms with Gasteiger partial charge in [-0.1, -0.05) is 12.1 Å². The lowest BCUT2D eigenvalue weighted by Gasteiger charge is -2.17. The number of carbonyl (C=O) groups is 2. The molecular formula is C19H20F2N2O4. The molecule has 0 aromatic heterocycles. The summed E-state index contributed by atoms with van der Waals surface area (Å²) < 4.78 is 34.0. The standard InChI is InChI=1S/C19H20F2N2O4/c1-11-5-4-6-16(12(11)2)26-13(3)17(24)22-23-18(25)14-7-9-15(10-8-14)27-19(20)21/h4-10,13,19H,1-3H3,(H,22,24)(H,23,25). The number of hydrogen-bond acceptors (Lipinski definition) is 4. The lowest BCUT2D eigenvalue weighted by Crippen LogP contribution is -2.47. The quantitative estimate of drug-likeness (QED) is 0.758. The predicted molar refractivity (Wildman–Crippen MR) is 94.7 cm³/mol. The van der Waals surface area contributed by atoms with E-state index in [0.29, 0.717) is 5.75 Å². The van der Waals surface area contributed by atoms with E-state index in [1.165, 1.54) is 24.3 Å². The molecule has 0 heterocycles. The maximum Gasteiger partial charge on any atom is 0.387 e. The summed E-state index contributed by atoms with van der Waals surface area (Å²) in [4.78, 5) is 24.1. The Balaban J connectivity index is 1.88. The Morgan fingerprint density at radius 1 is 0.963 bits per heavy atom. The van der Waals surface area contributed by atoms with E-state index in [-0.39, 0.29) is 11.3 Å². The second kappa shape index (κ2) is 8.98. The Morgan fingerprint density at radius 3 is 2.26 bits per heavy atom. The van der Waals surface area contributed by atoms with Gasteiger partial charge in [-0.3, -0.25) is 20.4 Å². The van der Waals surface area contributed by atoms with Gasteiger partial charge in [0.05, 0.1) is 0 Å². The third kappa shape index (κ3) is 5.67. The van der Waals surface area contributed by atoms with Gasteiger partial charge in [-0.05, 0) is 62.2 Å². The van der Waals surface area contributed by atoms with E-state index in [4.69, 9.17) is 4.74 Å². The van der Waals surface area contributed by atoms with Crippen LogP contribution >= 0.6 is 0 Å². The number of rotatable bonds is 6. The zero-order chi connectivity index (χ0) is 20.0. The molecule has 2 aromatic carbocycles. The van der Waals surface area contributed by atoms with E-state index < -0.39 is 24.5 Å². The van der Waals surface area contributed by atoms with Crippen molar-refractivity contribution < 1.29 is 27.8 Å². The van der Waals surface area contributed by atoms with E-state index in [9.17, 15) is 18.4 Å². The van der Waals surface area contributed by atoms with Crippen LogP contribution in [0.1, 0.15) is 28.4 Å². The number of carbonyl (C=O) groups excluding carboxylic acids is 2. The fourth-order valence-electron chi connectivity index (χ4n) is 2.18. The highest BCUT2D eigenvalue weighted by atomic mass is 19.3. The SMILES string of the molecule is Cc1cccc(OC(C)C(=O)NNC(=O)c2ccc(OC(F)F)cc2)c1C. The van der Waals surface area contributed by atoms with Crippen LogP contribution in [0.3, 0.4) is 0 Å². The monoisotopic (exact) mass is 378 g/mol. The van der Waals surface area contributed by atoms with Gasteiger partial charge in [0.25, 0.3) is 11.8 Å². The van der Waals surface area contributed by atoms with Gasteiger partial charge in [0.15, 0.2) is 6.10 Å². The summed E-state index contributed by atoms with van der Waals surface area (Å²) in [6.45, 7) is 2.44. The van der Waals surface area contributed by atoms with Gasteiger partial charge in [-0.15, -0.1) is 0 Å². The third-order valence-electron chi connectivity index (χ3n) is 3.87. The Morgan fingerprint density at radius 2 is 1.63 bits per heavy atom. The molecule has 0 saturated carbocycles. The maximum absolute atomic E-state index is 12.1. The Bertz CT molecular complexity index is 810. The number of hydrazine groups is 1. The van der Waals surface area contributed by atoms with E-state index in [0.717, 1.165) is 11.1 Å². The highest BCUT2D eigenvalue weighted by Crippen LogP contribution is 2.21. The van der Waals surface area contributed by atoms with Crippen LogP contribution in [-0.2, 0) is 4.79 Å². The third-order valence-corrected chi connectivity index (χ3v) is 3.87. The number of alkyl halides is 2. The first-order valence-corrected chi connectivity index (χ1v) is 8.16. The summed E-state index contributed by atoms with van der Waals surface area (Å²) in [7, 11) is 0. The largest absolute Gasteiger partial charge is 0.481 e. The molecule has 6 nitrogen and oxygen atoms in total. The highest BCUT2D eigenvalue weighted by molar-refractivity contribution is 5.95. The minimum Gasteiger partial charge on any atom is -0.481 e. The molecular weight excluding hydrogens is 358 g/mol. The zero-order valence-corrected chi connectivity index (χ0v) is 15.1. The first-order chi connectivity index (χ1) is 12.8. The number of halogens is 2. The number of ether oxygens (including phenoxy) is 2. The van der Waals surface area contributed by atoms with Crippen LogP contribution in [0.5, 0.6) is 11.5 Å². The summed E-state index contributed by atoms with van der Waals surface area (Å²) in [5.74, 6) is -0.632. The minimum atomic E-state index is -2.94. The molecule has 1 unspecified atom stereocenters. The molecule has 2 N–H and O–H groups in total. The fourth-order valence-corrected chi connectivity index (χ4v) is 2.18. The number of aryl methyl sites for hydroxylation is 1. The lowest BCUT2D eigenvalue weighted by atomic mass is 10.1. The minimum absolute atomic E-state index is 0.0684. The van der Waals surface area contributed by atoms with E-state index in [1.54, 1.807) is 13.0 Å². The second-order valence-corrected chi connectivity index (χ2v) is 5.80. The van der Waals surface area contributed by atoms with Crippen molar-refractivity contribution >= 4 is 11.8 Å². The molecule has 0 radical (unpaired) electrons. The van der Waals surface area contributed by atoms with Crippen molar-refractivity contribution in [3.63, 3.8) is 0 Å². The van der Waals surface area contributed by atoms with Crippen molar-refractivity contribution in [2.24, 2.45) is 0 Å². The second-order valence-electron chi connectivity index (χ2n) is 5.80. The van der Waals surface area contributed by atoms with Crippen molar-refractivity contribution in [1.82, 2.24) is 10.9 Å². The molecule has 0 spiro atoms. The Labute approximate surface area is 155 Å². The summed E-state index contributed by atoms with van der Waals surface area (Å²) in [6, 6.07) is 10.6. The Kier molecular flexibility index (Phi) is 6.70. The van der Waals surface area contributed by atoms with E-state index >= 15 is 0 Å². The van der Waals surface area contributed by atoms with Gasteiger partial charge in [-0.2, -0.15) is 8.78 Å². The number of nitrogens with one attached hydrogen (secondary N) is 2. The van der Waals surface area contributed by atoms with Crippen LogP contribution in [0.4, 0.5) is 8.78 Å². The molecule has 27 heavy (non-hydrogen) atoms. The van der Waals surface area contributed by atoms with Gasteiger partial charge in [0.1, 0.15) is 11.5 Å². The Hall–Kier alpha value is -3.16. The number of benzene rings is 2. The topological polar surface area (TPSA) is 76.7 Å². The van der Waals surface area contributed by atoms with Crippen LogP contribution < -0.4 is 20.3 Å². The molecule has 0 aliphatic carbocycles. The van der Waals surface area contributed by atoms with Crippen LogP contribution in [0.25, 0.3) is 0 Å². The molecule has 0 aliphatic heterocycles. The predicted octanol–water partition coefficient (Wildman–Crippen LogP) is 3.13. The van der Waals surface area contributed by atoms with Crippen molar-refractivity contribution in [2.45, 2.75) is 33.5 Å². The molecule has 2 amide bonds. The summed E-state index contributed by atoms with van der Waals surface area (Å²) >= 11 is 0. The van der Waals surface area contributed by atoms with Gasteiger partial charge >= 0.3 is 6.61 Å². The smallest absolute Gasteiger partial charge is 0.387 e. The van der Waals surface area contributed by atoms with E-state index in [2.05, 4.69) is 15.6 Å². The van der Waals surface area contributed by atoms with Crippen LogP contribution in [-0.4, -0.2) is 24.5 Å². The van der Waals surface area contributed by atoms with Gasteiger partial charge < -0.3 is 9.47 Å². The molecule has 2 aromatic rings. The van der Waals surface area contributed by atoms with Crippen molar-refractivity contribution in [2.75, 3.05) is 0 Å². The highest BCUT2D eigenvalue weighted by Gasteiger charge is 2.17. The molecule has 144 valence electrons.